The molecule has 118 valence electrons. The normalized spacial score (nSPS) is 18.2. The Bertz CT molecular complexity index is 406. The fourth-order valence-corrected chi connectivity index (χ4v) is 2.40. The molecule has 1 fully saturated rings. The van der Waals surface area contributed by atoms with Gasteiger partial charge in [0.2, 0.25) is 17.7 Å². The van der Waals surface area contributed by atoms with E-state index in [0.717, 1.165) is 25.7 Å². The Morgan fingerprint density at radius 1 is 1.14 bits per heavy atom. The molecule has 1 rings (SSSR count). The molecule has 0 aromatic rings. The Morgan fingerprint density at radius 2 is 1.81 bits per heavy atom. The maximum atomic E-state index is 11.8. The van der Waals surface area contributed by atoms with Crippen LogP contribution in [0.25, 0.3) is 0 Å². The molecule has 0 aromatic carbocycles. The van der Waals surface area contributed by atoms with Crippen molar-refractivity contribution in [1.82, 2.24) is 10.6 Å². The van der Waals surface area contributed by atoms with Crippen LogP contribution in [-0.4, -0.2) is 30.6 Å². The Kier molecular flexibility index (Phi) is 7.64. The van der Waals surface area contributed by atoms with Crippen LogP contribution >= 0.6 is 0 Å². The highest BCUT2D eigenvalue weighted by molar-refractivity contribution is 6.00. The van der Waals surface area contributed by atoms with E-state index >= 15 is 0 Å². The number of Topliss-reactive ketones (excluding diaryl/α,β-unsaturated/α-hetero) is 1. The molecule has 1 heterocycles. The van der Waals surface area contributed by atoms with Crippen LogP contribution in [-0.2, 0) is 19.2 Å². The molecule has 1 saturated heterocycles. The Hall–Kier alpha value is -1.72. The fraction of sp³-hybridized carbons (Fsp3) is 0.733. The number of carbonyl (C=O) groups excluding carboxylic acids is 4. The van der Waals surface area contributed by atoms with Gasteiger partial charge in [-0.1, -0.05) is 12.8 Å². The minimum atomic E-state index is -0.344. The first-order valence-electron chi connectivity index (χ1n) is 7.59. The van der Waals surface area contributed by atoms with Crippen molar-refractivity contribution in [1.29, 1.82) is 0 Å². The number of nitrogens with one attached hydrogen (secondary N) is 2. The van der Waals surface area contributed by atoms with E-state index in [-0.39, 0.29) is 35.8 Å². The topological polar surface area (TPSA) is 92.3 Å². The summed E-state index contributed by atoms with van der Waals surface area (Å²) in [5.74, 6) is -0.784. The minimum Gasteiger partial charge on any atom is -0.359 e. The van der Waals surface area contributed by atoms with E-state index < -0.39 is 0 Å². The van der Waals surface area contributed by atoms with Crippen LogP contribution in [0.3, 0.4) is 0 Å². The lowest BCUT2D eigenvalue weighted by molar-refractivity contribution is -0.138. The van der Waals surface area contributed by atoms with E-state index in [1.807, 2.05) is 0 Å². The van der Waals surface area contributed by atoms with Gasteiger partial charge in [0.15, 0.2) is 0 Å². The zero-order valence-corrected chi connectivity index (χ0v) is 12.6. The molecule has 1 aliphatic heterocycles. The van der Waals surface area contributed by atoms with E-state index in [0.29, 0.717) is 25.7 Å². The second kappa shape index (κ2) is 9.26. The molecule has 1 aliphatic rings. The molecule has 2 N–H and O–H groups in total. The molecule has 0 spiro atoms. The molecule has 0 radical (unpaired) electrons. The van der Waals surface area contributed by atoms with Crippen LogP contribution in [0.2, 0.25) is 0 Å². The third kappa shape index (κ3) is 7.02. The van der Waals surface area contributed by atoms with Gasteiger partial charge >= 0.3 is 0 Å². The Balaban J connectivity index is 2.07. The standard InChI is InChI=1S/C15H24N2O4/c1-16-13(19)7-5-3-2-4-6-12(18)10-11-8-9-14(20)17-15(11)21/h11H,2-10H2,1H3,(H,16,19)(H,17,20,21). The summed E-state index contributed by atoms with van der Waals surface area (Å²) < 4.78 is 0. The van der Waals surface area contributed by atoms with E-state index in [2.05, 4.69) is 10.6 Å². The van der Waals surface area contributed by atoms with Gasteiger partial charge in [-0.15, -0.1) is 0 Å². The van der Waals surface area contributed by atoms with Crippen molar-refractivity contribution in [3.63, 3.8) is 0 Å². The first kappa shape index (κ1) is 17.3. The number of piperidine rings is 1. The maximum absolute atomic E-state index is 11.8. The lowest BCUT2D eigenvalue weighted by Gasteiger charge is -2.19. The Labute approximate surface area is 125 Å². The lowest BCUT2D eigenvalue weighted by atomic mass is 9.91. The minimum absolute atomic E-state index is 0.0453. The van der Waals surface area contributed by atoms with Crippen LogP contribution in [0.5, 0.6) is 0 Å². The lowest BCUT2D eigenvalue weighted by Crippen LogP contribution is -2.41. The number of ketones is 1. The average molecular weight is 296 g/mol. The predicted molar refractivity (Wildman–Crippen MR) is 77.3 cm³/mol. The summed E-state index contributed by atoms with van der Waals surface area (Å²) >= 11 is 0. The maximum Gasteiger partial charge on any atom is 0.230 e. The number of hydrogen-bond donors (Lipinski definition) is 2. The van der Waals surface area contributed by atoms with Gasteiger partial charge in [0.1, 0.15) is 5.78 Å². The monoisotopic (exact) mass is 296 g/mol. The van der Waals surface area contributed by atoms with Gasteiger partial charge in [0.25, 0.3) is 0 Å². The summed E-state index contributed by atoms with van der Waals surface area (Å²) in [6, 6.07) is 0. The summed E-state index contributed by atoms with van der Waals surface area (Å²) in [6.07, 6.45) is 5.50. The van der Waals surface area contributed by atoms with Crippen molar-refractivity contribution in [2.24, 2.45) is 5.92 Å². The van der Waals surface area contributed by atoms with E-state index in [9.17, 15) is 19.2 Å². The Morgan fingerprint density at radius 3 is 2.43 bits per heavy atom. The van der Waals surface area contributed by atoms with Gasteiger partial charge in [-0.25, -0.2) is 0 Å². The van der Waals surface area contributed by atoms with E-state index in [1.165, 1.54) is 0 Å². The van der Waals surface area contributed by atoms with Gasteiger partial charge in [0, 0.05) is 38.6 Å². The van der Waals surface area contributed by atoms with Crippen LogP contribution in [0, 0.1) is 5.92 Å². The largest absolute Gasteiger partial charge is 0.359 e. The third-order valence-corrected chi connectivity index (χ3v) is 3.72. The van der Waals surface area contributed by atoms with Crippen molar-refractivity contribution in [3.05, 3.63) is 0 Å². The summed E-state index contributed by atoms with van der Waals surface area (Å²) in [7, 11) is 1.62. The van der Waals surface area contributed by atoms with Gasteiger partial charge in [0.05, 0.1) is 0 Å². The average Bonchev–Trinajstić information content (AvgIpc) is 2.45. The third-order valence-electron chi connectivity index (χ3n) is 3.72. The first-order chi connectivity index (χ1) is 10.0. The van der Waals surface area contributed by atoms with Gasteiger partial charge in [-0.3, -0.25) is 24.5 Å². The SMILES string of the molecule is CNC(=O)CCCCCCC(=O)CC1CCC(=O)NC1=O. The molecule has 6 nitrogen and oxygen atoms in total. The van der Waals surface area contributed by atoms with Crippen molar-refractivity contribution >= 4 is 23.5 Å². The number of unbranched alkanes of at least 4 members (excludes halogenated alkanes) is 3. The van der Waals surface area contributed by atoms with Gasteiger partial charge in [-0.05, 0) is 19.3 Å². The van der Waals surface area contributed by atoms with Gasteiger partial charge in [-0.2, -0.15) is 0 Å². The second-order valence-corrected chi connectivity index (χ2v) is 5.48. The number of rotatable bonds is 9. The molecular formula is C15H24N2O4. The molecule has 3 amide bonds. The van der Waals surface area contributed by atoms with Crippen LogP contribution in [0.1, 0.15) is 57.8 Å². The van der Waals surface area contributed by atoms with Crippen molar-refractivity contribution in [2.45, 2.75) is 57.8 Å². The molecule has 0 saturated carbocycles. The molecule has 0 aromatic heterocycles. The summed E-state index contributed by atoms with van der Waals surface area (Å²) in [4.78, 5) is 45.3. The summed E-state index contributed by atoms with van der Waals surface area (Å²) in [5, 5.41) is 4.84. The number of carbonyl (C=O) groups is 4. The molecule has 6 heteroatoms. The van der Waals surface area contributed by atoms with Crippen molar-refractivity contribution < 1.29 is 19.2 Å². The molecule has 1 unspecified atom stereocenters. The summed E-state index contributed by atoms with van der Waals surface area (Å²) in [6.45, 7) is 0. The number of amides is 3. The highest BCUT2D eigenvalue weighted by atomic mass is 16.2. The highest BCUT2D eigenvalue weighted by Crippen LogP contribution is 2.18. The van der Waals surface area contributed by atoms with Crippen molar-refractivity contribution in [2.75, 3.05) is 7.05 Å². The smallest absolute Gasteiger partial charge is 0.230 e. The van der Waals surface area contributed by atoms with Crippen molar-refractivity contribution in [3.8, 4) is 0 Å². The summed E-state index contributed by atoms with van der Waals surface area (Å²) in [5.41, 5.74) is 0. The quantitative estimate of drug-likeness (QED) is 0.492. The highest BCUT2D eigenvalue weighted by Gasteiger charge is 2.27. The number of imide groups is 1. The molecular weight excluding hydrogens is 272 g/mol. The predicted octanol–water partition coefficient (Wildman–Crippen LogP) is 1.08. The van der Waals surface area contributed by atoms with Crippen LogP contribution < -0.4 is 10.6 Å². The number of hydrogen-bond acceptors (Lipinski definition) is 4. The fourth-order valence-electron chi connectivity index (χ4n) is 2.40. The zero-order valence-electron chi connectivity index (χ0n) is 12.6. The van der Waals surface area contributed by atoms with Crippen LogP contribution in [0.15, 0.2) is 0 Å². The van der Waals surface area contributed by atoms with E-state index in [4.69, 9.17) is 0 Å². The van der Waals surface area contributed by atoms with Crippen LogP contribution in [0.4, 0.5) is 0 Å². The zero-order chi connectivity index (χ0) is 15.7. The molecule has 0 bridgehead atoms. The first-order valence-corrected chi connectivity index (χ1v) is 7.59. The molecule has 1 atom stereocenters. The molecule has 21 heavy (non-hydrogen) atoms. The molecule has 0 aliphatic carbocycles. The van der Waals surface area contributed by atoms with E-state index in [1.54, 1.807) is 7.05 Å². The second-order valence-electron chi connectivity index (χ2n) is 5.48. The van der Waals surface area contributed by atoms with Gasteiger partial charge < -0.3 is 5.32 Å².